The molecule has 0 aliphatic heterocycles. The molecule has 3 rings (SSSR count). The zero-order chi connectivity index (χ0) is 20.1. The number of hydrogen-bond donors (Lipinski definition) is 2. The topological polar surface area (TPSA) is 83.5 Å². The lowest BCUT2D eigenvalue weighted by atomic mass is 10.1. The highest BCUT2D eigenvalue weighted by Gasteiger charge is 2.18. The first-order valence-electron chi connectivity index (χ1n) is 8.39. The number of aromatic carboxylic acids is 1. The number of carbonyl (C=O) groups is 1. The maximum Gasteiger partial charge on any atom is 0.335 e. The Morgan fingerprint density at radius 1 is 0.893 bits per heavy atom. The fourth-order valence-corrected chi connectivity index (χ4v) is 3.61. The summed E-state index contributed by atoms with van der Waals surface area (Å²) in [5.74, 6) is 4.84. The molecule has 3 aromatic carbocycles. The van der Waals surface area contributed by atoms with E-state index in [1.165, 1.54) is 12.1 Å². The van der Waals surface area contributed by atoms with E-state index in [0.717, 1.165) is 11.6 Å². The van der Waals surface area contributed by atoms with E-state index >= 15 is 0 Å². The average Bonchev–Trinajstić information content (AvgIpc) is 2.67. The van der Waals surface area contributed by atoms with Crippen LogP contribution >= 0.6 is 0 Å². The Kier molecular flexibility index (Phi) is 5.48. The summed E-state index contributed by atoms with van der Waals surface area (Å²) in [6.07, 6.45) is 0. The molecule has 0 fully saturated rings. The third kappa shape index (κ3) is 4.58. The quantitative estimate of drug-likeness (QED) is 0.661. The molecule has 0 bridgehead atoms. The summed E-state index contributed by atoms with van der Waals surface area (Å²) < 4.78 is 27.7. The average molecular weight is 391 g/mol. The van der Waals surface area contributed by atoms with Gasteiger partial charge in [0.05, 0.1) is 16.1 Å². The van der Waals surface area contributed by atoms with Gasteiger partial charge in [-0.15, -0.1) is 0 Å². The van der Waals surface area contributed by atoms with Gasteiger partial charge in [0.15, 0.2) is 0 Å². The highest BCUT2D eigenvalue weighted by molar-refractivity contribution is 7.92. The third-order valence-corrected chi connectivity index (χ3v) is 5.37. The van der Waals surface area contributed by atoms with Crippen LogP contribution in [0.15, 0.2) is 77.7 Å². The molecule has 0 aliphatic carbocycles. The van der Waals surface area contributed by atoms with Crippen molar-refractivity contribution in [2.24, 2.45) is 0 Å². The van der Waals surface area contributed by atoms with E-state index in [1.54, 1.807) is 31.2 Å². The summed E-state index contributed by atoms with van der Waals surface area (Å²) in [5.41, 5.74) is 2.29. The maximum atomic E-state index is 12.6. The summed E-state index contributed by atoms with van der Waals surface area (Å²) in [6.45, 7) is 1.61. The zero-order valence-electron chi connectivity index (χ0n) is 15.0. The van der Waals surface area contributed by atoms with E-state index in [4.69, 9.17) is 0 Å². The number of benzene rings is 3. The molecule has 0 saturated heterocycles. The minimum Gasteiger partial charge on any atom is -0.478 e. The van der Waals surface area contributed by atoms with Crippen LogP contribution in [0, 0.1) is 18.8 Å². The first-order valence-corrected chi connectivity index (χ1v) is 9.87. The van der Waals surface area contributed by atoms with Crippen molar-refractivity contribution in [1.29, 1.82) is 0 Å². The summed E-state index contributed by atoms with van der Waals surface area (Å²) in [5, 5.41) is 9.20. The molecule has 28 heavy (non-hydrogen) atoms. The maximum absolute atomic E-state index is 12.6. The molecule has 0 spiro atoms. The lowest BCUT2D eigenvalue weighted by Gasteiger charge is -2.10. The molecule has 140 valence electrons. The molecule has 0 aliphatic rings. The number of nitrogens with one attached hydrogen (secondary N) is 1. The van der Waals surface area contributed by atoms with Crippen molar-refractivity contribution in [3.05, 3.63) is 95.1 Å². The Hall–Kier alpha value is -3.56. The Balaban J connectivity index is 1.87. The molecule has 6 heteroatoms. The fraction of sp³-hybridized carbons (Fsp3) is 0.0455. The molecule has 3 aromatic rings. The second-order valence-corrected chi connectivity index (χ2v) is 7.77. The number of carboxylic acid groups (broad SMARTS) is 1. The third-order valence-electron chi connectivity index (χ3n) is 3.99. The van der Waals surface area contributed by atoms with Crippen molar-refractivity contribution in [1.82, 2.24) is 0 Å². The van der Waals surface area contributed by atoms with Crippen molar-refractivity contribution < 1.29 is 18.3 Å². The van der Waals surface area contributed by atoms with E-state index in [2.05, 4.69) is 16.6 Å². The first-order chi connectivity index (χ1) is 13.3. The van der Waals surface area contributed by atoms with Crippen LogP contribution in [-0.4, -0.2) is 19.5 Å². The molecule has 0 amide bonds. The van der Waals surface area contributed by atoms with Crippen LogP contribution in [0.4, 0.5) is 5.69 Å². The second kappa shape index (κ2) is 7.99. The van der Waals surface area contributed by atoms with Crippen LogP contribution < -0.4 is 4.72 Å². The lowest BCUT2D eigenvalue weighted by Crippen LogP contribution is -2.14. The van der Waals surface area contributed by atoms with Gasteiger partial charge in [0.25, 0.3) is 10.0 Å². The second-order valence-electron chi connectivity index (χ2n) is 6.08. The van der Waals surface area contributed by atoms with Crippen LogP contribution in [0.5, 0.6) is 0 Å². The smallest absolute Gasteiger partial charge is 0.335 e. The van der Waals surface area contributed by atoms with Gasteiger partial charge in [0.1, 0.15) is 0 Å². The molecule has 5 nitrogen and oxygen atoms in total. The molecular formula is C22H17NO4S. The van der Waals surface area contributed by atoms with Gasteiger partial charge in [0.2, 0.25) is 0 Å². The molecule has 2 N–H and O–H groups in total. The first kappa shape index (κ1) is 19.2. The predicted octanol–water partition coefficient (Wildman–Crippen LogP) is 3.89. The van der Waals surface area contributed by atoms with Crippen molar-refractivity contribution in [2.75, 3.05) is 4.72 Å². The number of sulfonamides is 1. The van der Waals surface area contributed by atoms with Gasteiger partial charge >= 0.3 is 5.97 Å². The van der Waals surface area contributed by atoms with E-state index in [9.17, 15) is 18.3 Å². The minimum atomic E-state index is -3.93. The van der Waals surface area contributed by atoms with Crippen LogP contribution in [0.2, 0.25) is 0 Å². The van der Waals surface area contributed by atoms with Crippen LogP contribution in [0.3, 0.4) is 0 Å². The Morgan fingerprint density at radius 2 is 1.57 bits per heavy atom. The van der Waals surface area contributed by atoms with Crippen molar-refractivity contribution in [3.63, 3.8) is 0 Å². The van der Waals surface area contributed by atoms with E-state index in [0.29, 0.717) is 16.8 Å². The van der Waals surface area contributed by atoms with E-state index < -0.39 is 16.0 Å². The van der Waals surface area contributed by atoms with Gasteiger partial charge in [-0.2, -0.15) is 0 Å². The highest BCUT2D eigenvalue weighted by atomic mass is 32.2. The van der Waals surface area contributed by atoms with E-state index in [1.807, 2.05) is 30.3 Å². The normalized spacial score (nSPS) is 10.6. The van der Waals surface area contributed by atoms with E-state index in [-0.39, 0.29) is 10.5 Å². The predicted molar refractivity (Wildman–Crippen MR) is 108 cm³/mol. The summed E-state index contributed by atoms with van der Waals surface area (Å²) in [6, 6.07) is 20.2. The molecule has 0 unspecified atom stereocenters. The molecule has 0 aromatic heterocycles. The Bertz CT molecular complexity index is 1190. The number of hydrogen-bond acceptors (Lipinski definition) is 3. The fourth-order valence-electron chi connectivity index (χ4n) is 2.54. The summed E-state index contributed by atoms with van der Waals surface area (Å²) in [4.78, 5) is 11.1. The highest BCUT2D eigenvalue weighted by Crippen LogP contribution is 2.20. The number of anilines is 1. The monoisotopic (exact) mass is 391 g/mol. The molecular weight excluding hydrogens is 374 g/mol. The standard InChI is InChI=1S/C22H17NO4S/c1-16-10-13-20(15-21(16)22(24)25)28(26,27)23-19-9-5-8-18(14-19)12-11-17-6-3-2-4-7-17/h2-10,13-15,23H,1H3,(H,24,25). The molecule has 0 atom stereocenters. The zero-order valence-corrected chi connectivity index (χ0v) is 15.8. The largest absolute Gasteiger partial charge is 0.478 e. The van der Waals surface area contributed by atoms with Gasteiger partial charge in [-0.3, -0.25) is 4.72 Å². The summed E-state index contributed by atoms with van der Waals surface area (Å²) in [7, 11) is -3.93. The lowest BCUT2D eigenvalue weighted by molar-refractivity contribution is 0.0696. The van der Waals surface area contributed by atoms with Gasteiger partial charge < -0.3 is 5.11 Å². The van der Waals surface area contributed by atoms with Crippen molar-refractivity contribution in [3.8, 4) is 11.8 Å². The Labute approximate surface area is 163 Å². The molecule has 0 heterocycles. The van der Waals surface area contributed by atoms with Crippen molar-refractivity contribution >= 4 is 21.7 Å². The van der Waals surface area contributed by atoms with Gasteiger partial charge in [0, 0.05) is 11.1 Å². The van der Waals surface area contributed by atoms with Gasteiger partial charge in [-0.25, -0.2) is 13.2 Å². The SMILES string of the molecule is Cc1ccc(S(=O)(=O)Nc2cccc(C#Cc3ccccc3)c2)cc1C(=O)O. The minimum absolute atomic E-state index is 0.0506. The number of rotatable bonds is 4. The van der Waals surface area contributed by atoms with Crippen molar-refractivity contribution in [2.45, 2.75) is 11.8 Å². The van der Waals surface area contributed by atoms with Gasteiger partial charge in [-0.05, 0) is 55.0 Å². The van der Waals surface area contributed by atoms with Crippen LogP contribution in [-0.2, 0) is 10.0 Å². The van der Waals surface area contributed by atoms with Gasteiger partial charge in [-0.1, -0.05) is 42.2 Å². The summed E-state index contributed by atoms with van der Waals surface area (Å²) >= 11 is 0. The van der Waals surface area contributed by atoms with Crippen LogP contribution in [0.1, 0.15) is 27.0 Å². The number of aryl methyl sites for hydroxylation is 1. The Morgan fingerprint density at radius 3 is 2.29 bits per heavy atom. The molecule has 0 saturated carbocycles. The molecule has 0 radical (unpaired) electrons. The number of carboxylic acids is 1. The van der Waals surface area contributed by atoms with Crippen LogP contribution in [0.25, 0.3) is 0 Å².